The SMILES string of the molecule is CC(N)CCCNCc1ccc2c(c1)CC(=O)N2C. The molecule has 3 N–H and O–H groups in total. The Morgan fingerprint density at radius 1 is 1.47 bits per heavy atom. The summed E-state index contributed by atoms with van der Waals surface area (Å²) in [5.41, 5.74) is 9.14. The molecular formula is C15H23N3O. The standard InChI is InChI=1S/C15H23N3O/c1-11(16)4-3-7-17-10-12-5-6-14-13(8-12)9-15(19)18(14)2/h5-6,8,11,17H,3-4,7,9-10,16H2,1-2H3. The number of rotatable bonds is 6. The van der Waals surface area contributed by atoms with E-state index in [0.717, 1.165) is 37.2 Å². The van der Waals surface area contributed by atoms with E-state index in [1.54, 1.807) is 4.90 Å². The van der Waals surface area contributed by atoms with Crippen molar-refractivity contribution in [1.29, 1.82) is 0 Å². The van der Waals surface area contributed by atoms with Crippen molar-refractivity contribution in [3.05, 3.63) is 29.3 Å². The first kappa shape index (κ1) is 14.0. The Balaban J connectivity index is 1.83. The Hall–Kier alpha value is -1.39. The molecule has 1 unspecified atom stereocenters. The molecule has 0 radical (unpaired) electrons. The molecular weight excluding hydrogens is 238 g/mol. The average Bonchev–Trinajstić information content (AvgIpc) is 2.64. The molecule has 104 valence electrons. The normalized spacial score (nSPS) is 15.7. The van der Waals surface area contributed by atoms with Crippen LogP contribution in [0.25, 0.3) is 0 Å². The molecule has 4 heteroatoms. The van der Waals surface area contributed by atoms with Crippen LogP contribution < -0.4 is 16.0 Å². The lowest BCUT2D eigenvalue weighted by Crippen LogP contribution is -2.20. The van der Waals surface area contributed by atoms with Gasteiger partial charge in [-0.2, -0.15) is 0 Å². The molecule has 1 aromatic carbocycles. The quantitative estimate of drug-likeness (QED) is 0.762. The number of carbonyl (C=O) groups is 1. The van der Waals surface area contributed by atoms with Crippen molar-refractivity contribution in [2.45, 2.75) is 38.8 Å². The lowest BCUT2D eigenvalue weighted by Gasteiger charge is -2.11. The highest BCUT2D eigenvalue weighted by atomic mass is 16.2. The molecule has 19 heavy (non-hydrogen) atoms. The molecule has 0 saturated carbocycles. The van der Waals surface area contributed by atoms with E-state index in [2.05, 4.69) is 17.4 Å². The first-order chi connectivity index (χ1) is 9.08. The minimum Gasteiger partial charge on any atom is -0.328 e. The maximum absolute atomic E-state index is 11.6. The minimum atomic E-state index is 0.178. The van der Waals surface area contributed by atoms with E-state index in [0.29, 0.717) is 6.42 Å². The van der Waals surface area contributed by atoms with Crippen LogP contribution in [0.15, 0.2) is 18.2 Å². The second-order valence-corrected chi connectivity index (χ2v) is 5.39. The number of nitrogens with one attached hydrogen (secondary N) is 1. The summed E-state index contributed by atoms with van der Waals surface area (Å²) in [5, 5.41) is 3.42. The molecule has 1 aliphatic rings. The summed E-state index contributed by atoms with van der Waals surface area (Å²) in [5.74, 6) is 0.178. The number of nitrogens with two attached hydrogens (primary N) is 1. The monoisotopic (exact) mass is 261 g/mol. The highest BCUT2D eigenvalue weighted by Gasteiger charge is 2.23. The number of hydrogen-bond acceptors (Lipinski definition) is 3. The van der Waals surface area contributed by atoms with Gasteiger partial charge < -0.3 is 16.0 Å². The molecule has 2 rings (SSSR count). The van der Waals surface area contributed by atoms with E-state index in [9.17, 15) is 4.79 Å². The van der Waals surface area contributed by atoms with Gasteiger partial charge in [0.05, 0.1) is 6.42 Å². The molecule has 1 aromatic rings. The van der Waals surface area contributed by atoms with Gasteiger partial charge in [0.1, 0.15) is 0 Å². The number of likely N-dealkylation sites (N-methyl/N-ethyl adjacent to an activating group) is 1. The van der Waals surface area contributed by atoms with Crippen LogP contribution in [-0.2, 0) is 17.8 Å². The Morgan fingerprint density at radius 3 is 3.00 bits per heavy atom. The minimum absolute atomic E-state index is 0.178. The molecule has 1 heterocycles. The van der Waals surface area contributed by atoms with Crippen LogP contribution in [0.1, 0.15) is 30.9 Å². The first-order valence-corrected chi connectivity index (χ1v) is 6.92. The van der Waals surface area contributed by atoms with Crippen LogP contribution in [0, 0.1) is 0 Å². The smallest absolute Gasteiger partial charge is 0.231 e. The fraction of sp³-hybridized carbons (Fsp3) is 0.533. The summed E-state index contributed by atoms with van der Waals surface area (Å²) in [7, 11) is 1.83. The zero-order chi connectivity index (χ0) is 13.8. The van der Waals surface area contributed by atoms with E-state index >= 15 is 0 Å². The van der Waals surface area contributed by atoms with Crippen LogP contribution in [-0.4, -0.2) is 25.5 Å². The maximum Gasteiger partial charge on any atom is 0.231 e. The van der Waals surface area contributed by atoms with Crippen molar-refractivity contribution in [3.8, 4) is 0 Å². The maximum atomic E-state index is 11.6. The van der Waals surface area contributed by atoms with E-state index in [1.165, 1.54) is 5.56 Å². The Bertz CT molecular complexity index is 457. The van der Waals surface area contributed by atoms with E-state index in [1.807, 2.05) is 20.0 Å². The molecule has 0 aliphatic carbocycles. The summed E-state index contributed by atoms with van der Waals surface area (Å²) in [6.45, 7) is 3.87. The molecule has 0 saturated heterocycles. The number of anilines is 1. The molecule has 0 fully saturated rings. The lowest BCUT2D eigenvalue weighted by molar-refractivity contribution is -0.117. The molecule has 1 aliphatic heterocycles. The van der Waals surface area contributed by atoms with Crippen LogP contribution in [0.5, 0.6) is 0 Å². The Morgan fingerprint density at radius 2 is 2.26 bits per heavy atom. The molecule has 1 amide bonds. The number of carbonyl (C=O) groups excluding carboxylic acids is 1. The van der Waals surface area contributed by atoms with Gasteiger partial charge in [-0.3, -0.25) is 4.79 Å². The van der Waals surface area contributed by atoms with Crippen LogP contribution in [0.2, 0.25) is 0 Å². The summed E-state index contributed by atoms with van der Waals surface area (Å²) in [4.78, 5) is 13.3. The van der Waals surface area contributed by atoms with Gasteiger partial charge in [-0.15, -0.1) is 0 Å². The molecule has 0 aromatic heterocycles. The predicted octanol–water partition coefficient (Wildman–Crippen LogP) is 1.42. The summed E-state index contributed by atoms with van der Waals surface area (Å²) in [6.07, 6.45) is 2.69. The molecule has 0 spiro atoms. The molecule has 0 bridgehead atoms. The topological polar surface area (TPSA) is 58.4 Å². The Kier molecular flexibility index (Phi) is 4.56. The highest BCUT2D eigenvalue weighted by Crippen LogP contribution is 2.28. The summed E-state index contributed by atoms with van der Waals surface area (Å²) in [6, 6.07) is 6.55. The van der Waals surface area contributed by atoms with E-state index in [-0.39, 0.29) is 11.9 Å². The number of amides is 1. The lowest BCUT2D eigenvalue weighted by atomic mass is 10.1. The average molecular weight is 261 g/mol. The van der Waals surface area contributed by atoms with E-state index < -0.39 is 0 Å². The largest absolute Gasteiger partial charge is 0.328 e. The van der Waals surface area contributed by atoms with Crippen LogP contribution >= 0.6 is 0 Å². The first-order valence-electron chi connectivity index (χ1n) is 6.92. The predicted molar refractivity (Wildman–Crippen MR) is 78.1 cm³/mol. The van der Waals surface area contributed by atoms with Gasteiger partial charge in [-0.1, -0.05) is 12.1 Å². The zero-order valence-corrected chi connectivity index (χ0v) is 11.8. The molecule has 4 nitrogen and oxygen atoms in total. The van der Waals surface area contributed by atoms with Crippen LogP contribution in [0.4, 0.5) is 5.69 Å². The van der Waals surface area contributed by atoms with Crippen LogP contribution in [0.3, 0.4) is 0 Å². The van der Waals surface area contributed by atoms with Crippen molar-refractivity contribution in [2.75, 3.05) is 18.5 Å². The van der Waals surface area contributed by atoms with Crippen molar-refractivity contribution in [2.24, 2.45) is 5.73 Å². The fourth-order valence-corrected chi connectivity index (χ4v) is 2.42. The third kappa shape index (κ3) is 3.55. The third-order valence-electron chi connectivity index (χ3n) is 3.56. The van der Waals surface area contributed by atoms with Gasteiger partial charge in [-0.25, -0.2) is 0 Å². The van der Waals surface area contributed by atoms with Gasteiger partial charge in [-0.05, 0) is 43.5 Å². The van der Waals surface area contributed by atoms with Crippen molar-refractivity contribution >= 4 is 11.6 Å². The third-order valence-corrected chi connectivity index (χ3v) is 3.56. The van der Waals surface area contributed by atoms with Gasteiger partial charge >= 0.3 is 0 Å². The van der Waals surface area contributed by atoms with E-state index in [4.69, 9.17) is 5.73 Å². The summed E-state index contributed by atoms with van der Waals surface area (Å²) < 4.78 is 0. The zero-order valence-electron chi connectivity index (χ0n) is 11.8. The number of nitrogens with zero attached hydrogens (tertiary/aromatic N) is 1. The van der Waals surface area contributed by atoms with Gasteiger partial charge in [0.2, 0.25) is 5.91 Å². The van der Waals surface area contributed by atoms with Crippen molar-refractivity contribution in [3.63, 3.8) is 0 Å². The fourth-order valence-electron chi connectivity index (χ4n) is 2.42. The second kappa shape index (κ2) is 6.17. The van der Waals surface area contributed by atoms with Gasteiger partial charge in [0.15, 0.2) is 0 Å². The number of fused-ring (bicyclic) bond motifs is 1. The van der Waals surface area contributed by atoms with Crippen molar-refractivity contribution < 1.29 is 4.79 Å². The van der Waals surface area contributed by atoms with Gasteiger partial charge in [0.25, 0.3) is 0 Å². The second-order valence-electron chi connectivity index (χ2n) is 5.39. The van der Waals surface area contributed by atoms with Gasteiger partial charge in [0, 0.05) is 25.3 Å². The number of benzene rings is 1. The molecule has 1 atom stereocenters. The number of hydrogen-bond donors (Lipinski definition) is 2. The Labute approximate surface area is 115 Å². The highest BCUT2D eigenvalue weighted by molar-refractivity contribution is 6.00. The van der Waals surface area contributed by atoms with Crippen molar-refractivity contribution in [1.82, 2.24) is 5.32 Å². The summed E-state index contributed by atoms with van der Waals surface area (Å²) >= 11 is 0.